The molecular formula is C48H49NOS2. The van der Waals surface area contributed by atoms with Crippen LogP contribution >= 0.6 is 22.7 Å². The molecule has 0 saturated carbocycles. The molecule has 52 heavy (non-hydrogen) atoms. The van der Waals surface area contributed by atoms with E-state index in [-0.39, 0.29) is 18.2 Å². The summed E-state index contributed by atoms with van der Waals surface area (Å²) in [6, 6.07) is 0.121. The van der Waals surface area contributed by atoms with Gasteiger partial charge in [-0.2, -0.15) is 0 Å². The molecule has 9 aliphatic rings. The van der Waals surface area contributed by atoms with Gasteiger partial charge < -0.3 is 9.64 Å². The second-order valence-corrected chi connectivity index (χ2v) is 18.5. The number of thiophene rings is 2. The van der Waals surface area contributed by atoms with E-state index in [0.29, 0.717) is 23.7 Å². The average Bonchev–Trinajstić information content (AvgIpc) is 3.90. The van der Waals surface area contributed by atoms with Crippen molar-refractivity contribution in [2.75, 3.05) is 0 Å². The molecule has 0 bridgehead atoms. The lowest BCUT2D eigenvalue weighted by Crippen LogP contribution is -2.46. The fourth-order valence-electron chi connectivity index (χ4n) is 10.9. The lowest BCUT2D eigenvalue weighted by Gasteiger charge is -2.41. The van der Waals surface area contributed by atoms with Gasteiger partial charge >= 0.3 is 0 Å². The van der Waals surface area contributed by atoms with Gasteiger partial charge in [-0.15, -0.1) is 22.7 Å². The van der Waals surface area contributed by atoms with Crippen molar-refractivity contribution in [3.63, 3.8) is 0 Å². The SMILES string of the molecule is C1=CC2OC3C(=CC=CC3N(C3=CC(C4C=c5c6c(sc5=CC4)CCCC6)CC=C3)C3=c4sc5c(c4=CCC3)CCC=C5C3C=CCCC3)C2C=C1. The van der Waals surface area contributed by atoms with Crippen LogP contribution in [0.1, 0.15) is 85.1 Å². The van der Waals surface area contributed by atoms with Gasteiger partial charge in [0.05, 0.1) is 16.7 Å². The van der Waals surface area contributed by atoms with E-state index in [2.05, 4.69) is 125 Å². The first-order valence-corrected chi connectivity index (χ1v) is 22.0. The van der Waals surface area contributed by atoms with E-state index in [1.165, 1.54) is 79.3 Å². The number of hydrogen-bond acceptors (Lipinski definition) is 4. The average molecular weight is 720 g/mol. The zero-order valence-corrected chi connectivity index (χ0v) is 31.8. The molecule has 3 heterocycles. The smallest absolute Gasteiger partial charge is 0.105 e. The minimum Gasteiger partial charge on any atom is -0.363 e. The molecule has 11 rings (SSSR count). The van der Waals surface area contributed by atoms with Gasteiger partial charge in [-0.3, -0.25) is 0 Å². The van der Waals surface area contributed by atoms with Gasteiger partial charge in [-0.05, 0) is 134 Å². The number of rotatable bonds is 5. The predicted octanol–water partition coefficient (Wildman–Crippen LogP) is 8.47. The molecule has 8 aliphatic carbocycles. The summed E-state index contributed by atoms with van der Waals surface area (Å²) in [5.41, 5.74) is 9.24. The molecule has 2 nitrogen and oxygen atoms in total. The Kier molecular flexibility index (Phi) is 8.10. The summed E-state index contributed by atoms with van der Waals surface area (Å²) < 4.78 is 10.1. The van der Waals surface area contributed by atoms with Crippen molar-refractivity contribution in [1.82, 2.24) is 4.90 Å². The fourth-order valence-corrected chi connectivity index (χ4v) is 13.8. The Balaban J connectivity index is 1.04. The minimum absolute atomic E-state index is 0.0378. The van der Waals surface area contributed by atoms with E-state index < -0.39 is 0 Å². The highest BCUT2D eigenvalue weighted by atomic mass is 32.1. The zero-order chi connectivity index (χ0) is 34.2. The highest BCUT2D eigenvalue weighted by Gasteiger charge is 2.45. The Hall–Kier alpha value is -3.44. The van der Waals surface area contributed by atoms with E-state index in [1.54, 1.807) is 41.4 Å². The van der Waals surface area contributed by atoms with Crippen LogP contribution in [0.5, 0.6) is 0 Å². The van der Waals surface area contributed by atoms with Crippen LogP contribution < -0.4 is 19.5 Å². The van der Waals surface area contributed by atoms with Gasteiger partial charge in [0.2, 0.25) is 0 Å². The molecule has 1 aliphatic heterocycles. The lowest BCUT2D eigenvalue weighted by atomic mass is 9.80. The number of aryl methyl sites for hydroxylation is 1. The predicted molar refractivity (Wildman–Crippen MR) is 219 cm³/mol. The topological polar surface area (TPSA) is 12.5 Å². The quantitative estimate of drug-likeness (QED) is 0.288. The Labute approximate surface area is 316 Å². The first-order chi connectivity index (χ1) is 25.8. The lowest BCUT2D eigenvalue weighted by molar-refractivity contribution is 0.0435. The number of nitrogens with zero attached hydrogens (tertiary/aromatic N) is 1. The van der Waals surface area contributed by atoms with Gasteiger partial charge in [-0.25, -0.2) is 0 Å². The van der Waals surface area contributed by atoms with Crippen molar-refractivity contribution < 1.29 is 4.74 Å². The van der Waals surface area contributed by atoms with Gasteiger partial charge in [0.15, 0.2) is 0 Å². The monoisotopic (exact) mass is 719 g/mol. The second-order valence-electron chi connectivity index (χ2n) is 16.4. The third kappa shape index (κ3) is 5.26. The summed E-state index contributed by atoms with van der Waals surface area (Å²) in [5, 5.41) is 3.13. The molecule has 4 heteroatoms. The van der Waals surface area contributed by atoms with Crippen LogP contribution in [-0.2, 0) is 24.0 Å². The Morgan fingerprint density at radius 2 is 1.65 bits per heavy atom. The third-order valence-electron chi connectivity index (χ3n) is 13.4. The standard InChI is InChI=1S/C48H49NOS2/c1-2-12-30(13-3-1)34-18-9-20-38-39-21-11-23-42(48(39)52-47(34)38)49(41-22-10-19-37-35-16-4-6-24-43(35)50-46(37)41)33-15-8-14-31(28-33)32-26-27-45-40(29-32)36-17-5-7-25-44(36)51-45/h2,4,6,8,10,12,15-16,18-19,21-22,24,27-32,35,41,43,46H,1,3,5,7,9,11,13-14,17,20,23,25-26H2. The minimum atomic E-state index is 0.0378. The Morgan fingerprint density at radius 1 is 0.731 bits per heavy atom. The van der Waals surface area contributed by atoms with Gasteiger partial charge in [0.25, 0.3) is 0 Å². The molecule has 2 aromatic heterocycles. The molecular weight excluding hydrogens is 671 g/mol. The number of allylic oxidation sites excluding steroid dienone is 11. The number of hydrogen-bond donors (Lipinski definition) is 0. The van der Waals surface area contributed by atoms with E-state index in [4.69, 9.17) is 4.74 Å². The zero-order valence-electron chi connectivity index (χ0n) is 30.1. The molecule has 1 fully saturated rings. The molecule has 2 aromatic rings. The molecule has 0 aromatic carbocycles. The van der Waals surface area contributed by atoms with Crippen molar-refractivity contribution in [2.24, 2.45) is 23.7 Å². The molecule has 264 valence electrons. The molecule has 0 amide bonds. The van der Waals surface area contributed by atoms with Gasteiger partial charge in [0.1, 0.15) is 6.10 Å². The molecule has 1 saturated heterocycles. The van der Waals surface area contributed by atoms with E-state index >= 15 is 0 Å². The van der Waals surface area contributed by atoms with Crippen LogP contribution in [-0.4, -0.2) is 23.1 Å². The maximum absolute atomic E-state index is 7.04. The van der Waals surface area contributed by atoms with Gasteiger partial charge in [-0.1, -0.05) is 91.1 Å². The number of fused-ring (bicyclic) bond motifs is 9. The summed E-state index contributed by atoms with van der Waals surface area (Å²) >= 11 is 4.20. The van der Waals surface area contributed by atoms with Crippen LogP contribution in [0.2, 0.25) is 0 Å². The maximum Gasteiger partial charge on any atom is 0.105 e. The van der Waals surface area contributed by atoms with Crippen LogP contribution in [0.3, 0.4) is 0 Å². The van der Waals surface area contributed by atoms with E-state index in [9.17, 15) is 0 Å². The van der Waals surface area contributed by atoms with Crippen LogP contribution in [0.25, 0.3) is 29.5 Å². The van der Waals surface area contributed by atoms with Crippen LogP contribution in [0.4, 0.5) is 0 Å². The van der Waals surface area contributed by atoms with Crippen molar-refractivity contribution in [3.8, 4) is 0 Å². The Morgan fingerprint density at radius 3 is 2.62 bits per heavy atom. The van der Waals surface area contributed by atoms with Gasteiger partial charge in [0, 0.05) is 37.5 Å². The maximum atomic E-state index is 7.04. The molecule has 0 N–H and O–H groups in total. The van der Waals surface area contributed by atoms with E-state index in [0.717, 1.165) is 25.7 Å². The van der Waals surface area contributed by atoms with Crippen LogP contribution in [0, 0.1) is 23.7 Å². The molecule has 7 atom stereocenters. The fraction of sp³-hybridized carbons (Fsp3) is 0.417. The summed E-state index contributed by atoms with van der Waals surface area (Å²) in [6.45, 7) is 0. The van der Waals surface area contributed by atoms with E-state index in [1.807, 2.05) is 0 Å². The highest BCUT2D eigenvalue weighted by Crippen LogP contribution is 2.44. The van der Waals surface area contributed by atoms with Crippen molar-refractivity contribution in [1.29, 1.82) is 0 Å². The summed E-state index contributed by atoms with van der Waals surface area (Å²) in [7, 11) is 0. The molecule has 7 unspecified atom stereocenters. The first kappa shape index (κ1) is 32.0. The van der Waals surface area contributed by atoms with Crippen molar-refractivity contribution >= 4 is 52.2 Å². The largest absolute Gasteiger partial charge is 0.363 e. The van der Waals surface area contributed by atoms with Crippen molar-refractivity contribution in [3.05, 3.63) is 131 Å². The summed E-state index contributed by atoms with van der Waals surface area (Å²) in [5.74, 6) is 1.93. The third-order valence-corrected chi connectivity index (χ3v) is 16.1. The molecule has 0 spiro atoms. The summed E-state index contributed by atoms with van der Waals surface area (Å²) in [4.78, 5) is 6.03. The second kappa shape index (κ2) is 13.1. The Bertz CT molecular complexity index is 2330. The highest BCUT2D eigenvalue weighted by molar-refractivity contribution is 7.11. The van der Waals surface area contributed by atoms with Crippen LogP contribution in [0.15, 0.2) is 90.3 Å². The molecule has 0 radical (unpaired) electrons. The summed E-state index contributed by atoms with van der Waals surface area (Å²) in [6.07, 6.45) is 55.2. The normalized spacial score (nSPS) is 32.1. The first-order valence-electron chi connectivity index (χ1n) is 20.4. The number of ether oxygens (including phenoxy) is 1. The van der Waals surface area contributed by atoms with Crippen molar-refractivity contribution in [2.45, 2.75) is 102 Å².